The van der Waals surface area contributed by atoms with Crippen molar-refractivity contribution in [2.24, 2.45) is 0 Å². The molecule has 8 heteroatoms. The SMILES string of the molecule is COc1cc(N2C[C@@H](CNC(=O)c3ccccc3)OC2=O)cc(OC)c1OC. The number of amides is 2. The quantitative estimate of drug-likeness (QED) is 0.787. The van der Waals surface area contributed by atoms with Crippen LogP contribution in [-0.4, -0.2) is 52.5 Å². The molecule has 1 saturated heterocycles. The fourth-order valence-corrected chi connectivity index (χ4v) is 2.96. The fourth-order valence-electron chi connectivity index (χ4n) is 2.96. The number of cyclic esters (lactones) is 1. The number of ether oxygens (including phenoxy) is 4. The first-order chi connectivity index (χ1) is 13.6. The normalized spacial score (nSPS) is 15.8. The lowest BCUT2D eigenvalue weighted by Crippen LogP contribution is -2.34. The number of methoxy groups -OCH3 is 3. The highest BCUT2D eigenvalue weighted by Gasteiger charge is 2.33. The topological polar surface area (TPSA) is 86.3 Å². The zero-order valence-electron chi connectivity index (χ0n) is 15.9. The minimum Gasteiger partial charge on any atom is -0.493 e. The van der Waals surface area contributed by atoms with Crippen LogP contribution in [0.25, 0.3) is 0 Å². The number of hydrogen-bond acceptors (Lipinski definition) is 6. The molecule has 0 aromatic heterocycles. The molecule has 2 aromatic carbocycles. The Morgan fingerprint density at radius 3 is 2.32 bits per heavy atom. The van der Waals surface area contributed by atoms with Crippen LogP contribution in [0.1, 0.15) is 10.4 Å². The molecule has 1 aliphatic rings. The Bertz CT molecular complexity index is 830. The molecule has 0 radical (unpaired) electrons. The van der Waals surface area contributed by atoms with E-state index in [1.54, 1.807) is 36.4 Å². The highest BCUT2D eigenvalue weighted by Crippen LogP contribution is 2.41. The molecule has 0 spiro atoms. The van der Waals surface area contributed by atoms with Gasteiger partial charge < -0.3 is 24.3 Å². The first kappa shape index (κ1) is 19.3. The van der Waals surface area contributed by atoms with E-state index in [4.69, 9.17) is 18.9 Å². The molecule has 1 atom stereocenters. The molecule has 28 heavy (non-hydrogen) atoms. The van der Waals surface area contributed by atoms with Crippen LogP contribution >= 0.6 is 0 Å². The van der Waals surface area contributed by atoms with Crippen LogP contribution in [0.5, 0.6) is 17.2 Å². The summed E-state index contributed by atoms with van der Waals surface area (Å²) in [6.45, 7) is 0.493. The number of benzene rings is 2. The van der Waals surface area contributed by atoms with Crippen LogP contribution in [0.3, 0.4) is 0 Å². The van der Waals surface area contributed by atoms with Gasteiger partial charge in [0.2, 0.25) is 5.75 Å². The van der Waals surface area contributed by atoms with Crippen molar-refractivity contribution in [1.29, 1.82) is 0 Å². The molecule has 8 nitrogen and oxygen atoms in total. The predicted molar refractivity (Wildman–Crippen MR) is 102 cm³/mol. The van der Waals surface area contributed by atoms with Crippen LogP contribution in [0.15, 0.2) is 42.5 Å². The summed E-state index contributed by atoms with van der Waals surface area (Å²) in [5, 5.41) is 2.78. The summed E-state index contributed by atoms with van der Waals surface area (Å²) in [5.74, 6) is 1.09. The third-order valence-electron chi connectivity index (χ3n) is 4.36. The van der Waals surface area contributed by atoms with Gasteiger partial charge in [0, 0.05) is 17.7 Å². The van der Waals surface area contributed by atoms with Gasteiger partial charge in [-0.3, -0.25) is 9.69 Å². The summed E-state index contributed by atoms with van der Waals surface area (Å²) in [5.41, 5.74) is 1.10. The summed E-state index contributed by atoms with van der Waals surface area (Å²) in [4.78, 5) is 26.0. The van der Waals surface area contributed by atoms with Gasteiger partial charge in [0.15, 0.2) is 11.5 Å². The fraction of sp³-hybridized carbons (Fsp3) is 0.300. The molecule has 0 aliphatic carbocycles. The zero-order chi connectivity index (χ0) is 20.1. The van der Waals surface area contributed by atoms with Gasteiger partial charge in [-0.05, 0) is 12.1 Å². The van der Waals surface area contributed by atoms with Gasteiger partial charge in [-0.25, -0.2) is 4.79 Å². The first-order valence-corrected chi connectivity index (χ1v) is 8.68. The van der Waals surface area contributed by atoms with Crippen molar-refractivity contribution in [3.63, 3.8) is 0 Å². The zero-order valence-corrected chi connectivity index (χ0v) is 15.9. The van der Waals surface area contributed by atoms with Gasteiger partial charge in [0.05, 0.1) is 40.1 Å². The average Bonchev–Trinajstić information content (AvgIpc) is 3.11. The Hall–Kier alpha value is -3.42. The average molecular weight is 386 g/mol. The largest absolute Gasteiger partial charge is 0.493 e. The molecule has 1 N–H and O–H groups in total. The highest BCUT2D eigenvalue weighted by atomic mass is 16.6. The van der Waals surface area contributed by atoms with Crippen LogP contribution in [0.2, 0.25) is 0 Å². The van der Waals surface area contributed by atoms with Crippen molar-refractivity contribution >= 4 is 17.7 Å². The maximum absolute atomic E-state index is 12.3. The van der Waals surface area contributed by atoms with Crippen molar-refractivity contribution in [3.8, 4) is 17.2 Å². The minimum absolute atomic E-state index is 0.209. The number of nitrogens with one attached hydrogen (secondary N) is 1. The number of nitrogens with zero attached hydrogens (tertiary/aromatic N) is 1. The van der Waals surface area contributed by atoms with Crippen LogP contribution in [0.4, 0.5) is 10.5 Å². The van der Waals surface area contributed by atoms with Crippen LogP contribution in [0, 0.1) is 0 Å². The third-order valence-corrected chi connectivity index (χ3v) is 4.36. The van der Waals surface area contributed by atoms with Crippen molar-refractivity contribution in [1.82, 2.24) is 5.32 Å². The molecule has 2 aromatic rings. The minimum atomic E-state index is -0.506. The van der Waals surface area contributed by atoms with Gasteiger partial charge in [0.25, 0.3) is 5.91 Å². The van der Waals surface area contributed by atoms with Crippen LogP contribution < -0.4 is 24.4 Å². The number of carbonyl (C=O) groups excluding carboxylic acids is 2. The number of hydrogen-bond donors (Lipinski definition) is 1. The van der Waals surface area contributed by atoms with Gasteiger partial charge in [0.1, 0.15) is 6.10 Å². The van der Waals surface area contributed by atoms with Crippen molar-refractivity contribution in [3.05, 3.63) is 48.0 Å². The molecule has 0 bridgehead atoms. The van der Waals surface area contributed by atoms with E-state index >= 15 is 0 Å². The smallest absolute Gasteiger partial charge is 0.414 e. The Kier molecular flexibility index (Phi) is 5.88. The summed E-state index contributed by atoms with van der Waals surface area (Å²) >= 11 is 0. The van der Waals surface area contributed by atoms with Crippen molar-refractivity contribution in [2.45, 2.75) is 6.10 Å². The standard InChI is InChI=1S/C20H22N2O6/c1-25-16-9-14(10-17(26-2)18(16)27-3)22-12-15(28-20(22)24)11-21-19(23)13-7-5-4-6-8-13/h4-10,15H,11-12H2,1-3H3,(H,21,23)/t15-/m1/s1. The van der Waals surface area contributed by atoms with E-state index in [-0.39, 0.29) is 19.0 Å². The second-order valence-electron chi connectivity index (χ2n) is 6.08. The van der Waals surface area contributed by atoms with E-state index in [9.17, 15) is 9.59 Å². The first-order valence-electron chi connectivity index (χ1n) is 8.68. The Balaban J connectivity index is 1.70. The maximum atomic E-state index is 12.3. The molecular weight excluding hydrogens is 364 g/mol. The highest BCUT2D eigenvalue weighted by molar-refractivity contribution is 5.94. The van der Waals surface area contributed by atoms with E-state index in [1.807, 2.05) is 6.07 Å². The summed E-state index contributed by atoms with van der Waals surface area (Å²) < 4.78 is 21.3. The van der Waals surface area contributed by atoms with Gasteiger partial charge in [-0.15, -0.1) is 0 Å². The van der Waals surface area contributed by atoms with Gasteiger partial charge >= 0.3 is 6.09 Å². The molecule has 0 unspecified atom stereocenters. The van der Waals surface area contributed by atoms with E-state index in [2.05, 4.69) is 5.32 Å². The summed E-state index contributed by atoms with van der Waals surface area (Å²) in [7, 11) is 4.52. The van der Waals surface area contributed by atoms with E-state index in [0.29, 0.717) is 28.5 Å². The lowest BCUT2D eigenvalue weighted by Gasteiger charge is -2.18. The lowest BCUT2D eigenvalue weighted by molar-refractivity contribution is 0.0916. The molecule has 1 aliphatic heterocycles. The Morgan fingerprint density at radius 1 is 1.11 bits per heavy atom. The van der Waals surface area contributed by atoms with Crippen LogP contribution in [-0.2, 0) is 4.74 Å². The predicted octanol–water partition coefficient (Wildman–Crippen LogP) is 2.47. The van der Waals surface area contributed by atoms with E-state index < -0.39 is 12.2 Å². The second-order valence-corrected chi connectivity index (χ2v) is 6.08. The maximum Gasteiger partial charge on any atom is 0.414 e. The van der Waals surface area contributed by atoms with Gasteiger partial charge in [-0.1, -0.05) is 18.2 Å². The Labute approximate surface area is 162 Å². The van der Waals surface area contributed by atoms with Crippen molar-refractivity contribution in [2.75, 3.05) is 39.3 Å². The lowest BCUT2D eigenvalue weighted by atomic mass is 10.2. The third kappa shape index (κ3) is 3.95. The molecule has 148 valence electrons. The Morgan fingerprint density at radius 2 is 1.75 bits per heavy atom. The van der Waals surface area contributed by atoms with E-state index in [0.717, 1.165) is 0 Å². The molecule has 1 heterocycles. The molecule has 2 amide bonds. The molecule has 0 saturated carbocycles. The second kappa shape index (κ2) is 8.51. The number of rotatable bonds is 7. The molecular formula is C20H22N2O6. The summed E-state index contributed by atoms with van der Waals surface area (Å²) in [6, 6.07) is 12.2. The van der Waals surface area contributed by atoms with Gasteiger partial charge in [-0.2, -0.15) is 0 Å². The monoisotopic (exact) mass is 386 g/mol. The summed E-state index contributed by atoms with van der Waals surface area (Å²) in [6.07, 6.45) is -0.979. The molecule has 1 fully saturated rings. The van der Waals surface area contributed by atoms with E-state index in [1.165, 1.54) is 26.2 Å². The number of anilines is 1. The number of carbonyl (C=O) groups is 2. The van der Waals surface area contributed by atoms with Crippen molar-refractivity contribution < 1.29 is 28.5 Å². The molecule has 3 rings (SSSR count).